The number of aromatic nitrogens is 3. The molecule has 7 heteroatoms. The lowest BCUT2D eigenvalue weighted by Gasteiger charge is -2.28. The molecule has 1 saturated heterocycles. The number of hydrogen-bond donors (Lipinski definition) is 2. The van der Waals surface area contributed by atoms with Gasteiger partial charge in [-0.25, -0.2) is 9.67 Å². The van der Waals surface area contributed by atoms with E-state index in [1.165, 1.54) is 5.69 Å². The normalized spacial score (nSPS) is 14.5. The highest BCUT2D eigenvalue weighted by Gasteiger charge is 2.10. The van der Waals surface area contributed by atoms with E-state index in [-0.39, 0.29) is 0 Å². The van der Waals surface area contributed by atoms with Crippen LogP contribution in [0.1, 0.15) is 0 Å². The van der Waals surface area contributed by atoms with Gasteiger partial charge in [-0.1, -0.05) is 0 Å². The first-order valence-corrected chi connectivity index (χ1v) is 8.24. The van der Waals surface area contributed by atoms with Crippen molar-refractivity contribution in [2.24, 2.45) is 0 Å². The van der Waals surface area contributed by atoms with Crippen LogP contribution in [0.2, 0.25) is 0 Å². The van der Waals surface area contributed by atoms with Crippen molar-refractivity contribution in [2.45, 2.75) is 0 Å². The first kappa shape index (κ1) is 15.5. The summed E-state index contributed by atoms with van der Waals surface area (Å²) in [6.45, 7) is 3.44. The average Bonchev–Trinajstić information content (AvgIpc) is 3.10. The van der Waals surface area contributed by atoms with Crippen LogP contribution < -0.4 is 16.0 Å². The Hall–Kier alpha value is -3.06. The predicted octanol–water partition coefficient (Wildman–Crippen LogP) is 2.43. The lowest BCUT2D eigenvalue weighted by atomic mass is 10.2. The van der Waals surface area contributed by atoms with Crippen LogP contribution in [0.25, 0.3) is 5.69 Å². The van der Waals surface area contributed by atoms with Gasteiger partial charge >= 0.3 is 0 Å². The molecule has 3 aromatic rings. The summed E-state index contributed by atoms with van der Waals surface area (Å²) in [6, 6.07) is 12.2. The highest BCUT2D eigenvalue weighted by atomic mass is 16.5. The Labute approximate surface area is 146 Å². The predicted molar refractivity (Wildman–Crippen MR) is 98.5 cm³/mol. The molecule has 3 N–H and O–H groups in total. The van der Waals surface area contributed by atoms with Crippen molar-refractivity contribution in [3.63, 3.8) is 0 Å². The minimum atomic E-state index is 0.630. The van der Waals surface area contributed by atoms with Crippen LogP contribution in [0.15, 0.2) is 55.0 Å². The van der Waals surface area contributed by atoms with Crippen LogP contribution in [0.5, 0.6) is 0 Å². The maximum absolute atomic E-state index is 5.73. The number of pyridine rings is 1. The molecule has 0 radical (unpaired) electrons. The van der Waals surface area contributed by atoms with Gasteiger partial charge in [0.1, 0.15) is 5.82 Å². The van der Waals surface area contributed by atoms with Crippen LogP contribution in [-0.2, 0) is 4.74 Å². The number of nitrogens with two attached hydrogens (primary N) is 1. The fourth-order valence-electron chi connectivity index (χ4n) is 2.83. The van der Waals surface area contributed by atoms with E-state index >= 15 is 0 Å². The lowest BCUT2D eigenvalue weighted by molar-refractivity contribution is 0.122. The second-order valence-electron chi connectivity index (χ2n) is 5.89. The molecule has 1 aliphatic rings. The zero-order valence-corrected chi connectivity index (χ0v) is 13.8. The van der Waals surface area contributed by atoms with Gasteiger partial charge in [0.2, 0.25) is 0 Å². The Morgan fingerprint density at radius 1 is 1.04 bits per heavy atom. The van der Waals surface area contributed by atoms with Crippen molar-refractivity contribution >= 4 is 22.9 Å². The molecule has 0 spiro atoms. The molecule has 1 aliphatic heterocycles. The quantitative estimate of drug-likeness (QED) is 0.761. The standard InChI is InChI=1S/C18H20N6O/c19-14-12-21-24(13-14)17-5-6-20-18(11-17)22-15-1-3-16(4-2-15)23-7-9-25-10-8-23/h1-6,11-13H,7-10,19H2,(H,20,22). The van der Waals surface area contributed by atoms with Gasteiger partial charge in [0.25, 0.3) is 0 Å². The van der Waals surface area contributed by atoms with Crippen molar-refractivity contribution in [1.82, 2.24) is 14.8 Å². The molecule has 7 nitrogen and oxygen atoms in total. The fraction of sp³-hybridized carbons (Fsp3) is 0.222. The number of nitrogens with zero attached hydrogens (tertiary/aromatic N) is 4. The van der Waals surface area contributed by atoms with Gasteiger partial charge in [-0.05, 0) is 30.3 Å². The summed E-state index contributed by atoms with van der Waals surface area (Å²) in [4.78, 5) is 6.70. The Morgan fingerprint density at radius 3 is 2.56 bits per heavy atom. The van der Waals surface area contributed by atoms with Crippen molar-refractivity contribution in [3.8, 4) is 5.69 Å². The van der Waals surface area contributed by atoms with E-state index in [9.17, 15) is 0 Å². The number of rotatable bonds is 4. The monoisotopic (exact) mass is 336 g/mol. The topological polar surface area (TPSA) is 81.2 Å². The number of nitrogen functional groups attached to an aromatic ring is 1. The smallest absolute Gasteiger partial charge is 0.132 e. The van der Waals surface area contributed by atoms with Gasteiger partial charge < -0.3 is 20.7 Å². The molecule has 0 unspecified atom stereocenters. The van der Waals surface area contributed by atoms with Gasteiger partial charge in [-0.3, -0.25) is 0 Å². The first-order valence-electron chi connectivity index (χ1n) is 8.24. The van der Waals surface area contributed by atoms with Crippen molar-refractivity contribution in [3.05, 3.63) is 55.0 Å². The van der Waals surface area contributed by atoms with Gasteiger partial charge in [0, 0.05) is 36.7 Å². The van der Waals surface area contributed by atoms with Crippen LogP contribution >= 0.6 is 0 Å². The maximum atomic E-state index is 5.73. The zero-order valence-electron chi connectivity index (χ0n) is 13.8. The fourth-order valence-corrected chi connectivity index (χ4v) is 2.83. The van der Waals surface area contributed by atoms with Gasteiger partial charge in [0.05, 0.1) is 37.0 Å². The number of anilines is 4. The summed E-state index contributed by atoms with van der Waals surface area (Å²) in [5, 5.41) is 7.54. The summed E-state index contributed by atoms with van der Waals surface area (Å²) in [5.74, 6) is 0.755. The second kappa shape index (κ2) is 6.82. The minimum absolute atomic E-state index is 0.630. The lowest BCUT2D eigenvalue weighted by Crippen LogP contribution is -2.36. The molecule has 0 amide bonds. The SMILES string of the molecule is Nc1cnn(-c2ccnc(Nc3ccc(N4CCOCC4)cc3)c2)c1. The molecule has 0 saturated carbocycles. The third kappa shape index (κ3) is 3.56. The van der Waals surface area contributed by atoms with E-state index in [2.05, 4.69) is 44.6 Å². The van der Waals surface area contributed by atoms with Gasteiger partial charge in [0.15, 0.2) is 0 Å². The molecular formula is C18H20N6O. The summed E-state index contributed by atoms with van der Waals surface area (Å²) in [6.07, 6.45) is 5.14. The summed E-state index contributed by atoms with van der Waals surface area (Å²) in [5.41, 5.74) is 9.46. The first-order chi connectivity index (χ1) is 12.3. The van der Waals surface area contributed by atoms with E-state index < -0.39 is 0 Å². The minimum Gasteiger partial charge on any atom is -0.396 e. The van der Waals surface area contributed by atoms with Crippen molar-refractivity contribution < 1.29 is 4.74 Å². The van der Waals surface area contributed by atoms with E-state index in [0.29, 0.717) is 5.69 Å². The van der Waals surface area contributed by atoms with Crippen LogP contribution in [-0.4, -0.2) is 41.1 Å². The summed E-state index contributed by atoms with van der Waals surface area (Å²) in [7, 11) is 0. The molecular weight excluding hydrogens is 316 g/mol. The summed E-state index contributed by atoms with van der Waals surface area (Å²) < 4.78 is 7.12. The highest BCUT2D eigenvalue weighted by molar-refractivity contribution is 5.62. The Bertz CT molecular complexity index is 839. The molecule has 2 aromatic heterocycles. The number of ether oxygens (including phenoxy) is 1. The maximum Gasteiger partial charge on any atom is 0.132 e. The molecule has 1 aromatic carbocycles. The molecule has 1 fully saturated rings. The number of benzene rings is 1. The van der Waals surface area contributed by atoms with Crippen molar-refractivity contribution in [2.75, 3.05) is 42.3 Å². The molecule has 4 rings (SSSR count). The van der Waals surface area contributed by atoms with Gasteiger partial charge in [-0.2, -0.15) is 5.10 Å². The molecule has 25 heavy (non-hydrogen) atoms. The van der Waals surface area contributed by atoms with Crippen LogP contribution in [0, 0.1) is 0 Å². The van der Waals surface area contributed by atoms with Gasteiger partial charge in [-0.15, -0.1) is 0 Å². The zero-order chi connectivity index (χ0) is 17.1. The average molecular weight is 336 g/mol. The summed E-state index contributed by atoms with van der Waals surface area (Å²) >= 11 is 0. The molecule has 0 aliphatic carbocycles. The largest absolute Gasteiger partial charge is 0.396 e. The van der Waals surface area contributed by atoms with Crippen LogP contribution in [0.4, 0.5) is 22.9 Å². The highest BCUT2D eigenvalue weighted by Crippen LogP contribution is 2.22. The number of hydrogen-bond acceptors (Lipinski definition) is 6. The Morgan fingerprint density at radius 2 is 1.84 bits per heavy atom. The van der Waals surface area contributed by atoms with Crippen LogP contribution in [0.3, 0.4) is 0 Å². The molecule has 128 valence electrons. The Balaban J connectivity index is 1.48. The van der Waals surface area contributed by atoms with Crippen molar-refractivity contribution in [1.29, 1.82) is 0 Å². The van der Waals surface area contributed by atoms with E-state index in [1.807, 2.05) is 12.1 Å². The third-order valence-corrected chi connectivity index (χ3v) is 4.13. The van der Waals surface area contributed by atoms with E-state index in [1.54, 1.807) is 23.3 Å². The molecule has 3 heterocycles. The molecule has 0 bridgehead atoms. The number of nitrogens with one attached hydrogen (secondary N) is 1. The molecule has 0 atom stereocenters. The Kier molecular flexibility index (Phi) is 4.22. The second-order valence-corrected chi connectivity index (χ2v) is 5.89. The van der Waals surface area contributed by atoms with E-state index in [4.69, 9.17) is 10.5 Å². The number of morpholine rings is 1. The third-order valence-electron chi connectivity index (χ3n) is 4.13. The van der Waals surface area contributed by atoms with E-state index in [0.717, 1.165) is 43.5 Å².